The van der Waals surface area contributed by atoms with Gasteiger partial charge in [-0.05, 0) is 42.5 Å². The van der Waals surface area contributed by atoms with Gasteiger partial charge in [-0.1, -0.05) is 0 Å². The minimum absolute atomic E-state index is 0.0119. The average Bonchev–Trinajstić information content (AvgIpc) is 3.03. The molecule has 0 aliphatic carbocycles. The molecule has 4 aromatic carbocycles. The second-order valence-electron chi connectivity index (χ2n) is 9.79. The van der Waals surface area contributed by atoms with E-state index in [4.69, 9.17) is 27.8 Å². The molecule has 0 radical (unpaired) electrons. The molecule has 222 valence electrons. The largest absolute Gasteiger partial charge is 0.507 e. The van der Waals surface area contributed by atoms with Gasteiger partial charge < -0.3 is 38.0 Å². The van der Waals surface area contributed by atoms with E-state index in [1.165, 1.54) is 51.7 Å². The van der Waals surface area contributed by atoms with Gasteiger partial charge in [-0.3, -0.25) is 9.59 Å². The SMILES string of the molecule is COc1ccc(-c2cc(=O)c3c(O)c(-c4cc(-c5cc(=O)c6c(O)cc(OC)cc6o5)ccc4OC)c(OC)cc3o2)cc1. The minimum atomic E-state index is -0.470. The topological polar surface area (TPSA) is 138 Å². The van der Waals surface area contributed by atoms with Crippen molar-refractivity contribution in [1.29, 1.82) is 0 Å². The lowest BCUT2D eigenvalue weighted by atomic mass is 9.96. The number of hydrogen-bond acceptors (Lipinski definition) is 10. The summed E-state index contributed by atoms with van der Waals surface area (Å²) in [4.78, 5) is 26.4. The third-order valence-corrected chi connectivity index (χ3v) is 7.32. The third kappa shape index (κ3) is 4.72. The number of ether oxygens (including phenoxy) is 4. The van der Waals surface area contributed by atoms with Crippen molar-refractivity contribution in [1.82, 2.24) is 0 Å². The van der Waals surface area contributed by atoms with E-state index in [-0.39, 0.29) is 50.5 Å². The molecule has 6 rings (SSSR count). The standard InChI is InChI=1S/C34H26O10/c1-39-19-8-5-17(6-9-19)26-15-24(37)33-30(43-26)16-28(42-4)31(34(33)38)21-11-18(7-10-25(21)41-3)27-14-23(36)32-22(35)12-20(40-2)13-29(32)44-27/h5-16,35,38H,1-4H3. The van der Waals surface area contributed by atoms with Crippen LogP contribution in [-0.2, 0) is 0 Å². The average molecular weight is 595 g/mol. The second kappa shape index (κ2) is 11.1. The van der Waals surface area contributed by atoms with Gasteiger partial charge in [0.1, 0.15) is 68.0 Å². The van der Waals surface area contributed by atoms with Gasteiger partial charge >= 0.3 is 0 Å². The molecule has 0 saturated carbocycles. The summed E-state index contributed by atoms with van der Waals surface area (Å²) in [6.45, 7) is 0. The number of fused-ring (bicyclic) bond motifs is 2. The molecule has 0 fully saturated rings. The summed E-state index contributed by atoms with van der Waals surface area (Å²) >= 11 is 0. The fourth-order valence-corrected chi connectivity index (χ4v) is 5.16. The lowest BCUT2D eigenvalue weighted by Crippen LogP contribution is -2.03. The molecule has 10 nitrogen and oxygen atoms in total. The van der Waals surface area contributed by atoms with Gasteiger partial charge in [-0.2, -0.15) is 0 Å². The Morgan fingerprint density at radius 1 is 0.568 bits per heavy atom. The Labute approximate surface area is 249 Å². The van der Waals surface area contributed by atoms with Gasteiger partial charge in [-0.15, -0.1) is 0 Å². The van der Waals surface area contributed by atoms with Crippen LogP contribution in [0.2, 0.25) is 0 Å². The Hall–Kier alpha value is -5.90. The van der Waals surface area contributed by atoms with E-state index in [0.29, 0.717) is 39.7 Å². The van der Waals surface area contributed by atoms with Gasteiger partial charge in [0.05, 0.1) is 34.0 Å². The predicted molar refractivity (Wildman–Crippen MR) is 164 cm³/mol. The van der Waals surface area contributed by atoms with Crippen molar-refractivity contribution < 1.29 is 38.0 Å². The summed E-state index contributed by atoms with van der Waals surface area (Å²) in [5, 5.41) is 21.9. The van der Waals surface area contributed by atoms with E-state index < -0.39 is 10.9 Å². The highest BCUT2D eigenvalue weighted by Crippen LogP contribution is 2.47. The Morgan fingerprint density at radius 2 is 1.16 bits per heavy atom. The number of hydrogen-bond donors (Lipinski definition) is 2. The summed E-state index contributed by atoms with van der Waals surface area (Å²) in [6.07, 6.45) is 0. The third-order valence-electron chi connectivity index (χ3n) is 7.32. The maximum atomic E-state index is 13.4. The molecule has 0 aliphatic rings. The van der Waals surface area contributed by atoms with Crippen molar-refractivity contribution in [3.8, 4) is 68.3 Å². The quantitative estimate of drug-likeness (QED) is 0.215. The van der Waals surface area contributed by atoms with Gasteiger partial charge in [0.25, 0.3) is 0 Å². The number of methoxy groups -OCH3 is 4. The molecule has 0 atom stereocenters. The molecule has 10 heteroatoms. The van der Waals surface area contributed by atoms with Crippen LogP contribution in [0.1, 0.15) is 0 Å². The van der Waals surface area contributed by atoms with Crippen LogP contribution in [-0.4, -0.2) is 38.7 Å². The van der Waals surface area contributed by atoms with Crippen LogP contribution in [0.3, 0.4) is 0 Å². The van der Waals surface area contributed by atoms with Crippen LogP contribution < -0.4 is 29.8 Å². The summed E-state index contributed by atoms with van der Waals surface area (Å²) in [6, 6.07) is 18.9. The predicted octanol–water partition coefficient (Wildman–Crippen LogP) is 6.35. The van der Waals surface area contributed by atoms with Gasteiger partial charge in [0.15, 0.2) is 10.9 Å². The van der Waals surface area contributed by atoms with Crippen molar-refractivity contribution in [3.05, 3.63) is 93.2 Å². The van der Waals surface area contributed by atoms with Crippen LogP contribution in [0, 0.1) is 0 Å². The summed E-state index contributed by atoms with van der Waals surface area (Å²) in [5.74, 6) is 1.35. The summed E-state index contributed by atoms with van der Waals surface area (Å²) in [7, 11) is 5.88. The normalized spacial score (nSPS) is 11.1. The first-order valence-electron chi connectivity index (χ1n) is 13.3. The first kappa shape index (κ1) is 28.2. The molecule has 44 heavy (non-hydrogen) atoms. The Bertz CT molecular complexity index is 2180. The zero-order valence-corrected chi connectivity index (χ0v) is 24.1. The molecule has 0 saturated heterocycles. The highest BCUT2D eigenvalue weighted by atomic mass is 16.5. The number of rotatable bonds is 7. The first-order chi connectivity index (χ1) is 21.3. The van der Waals surface area contributed by atoms with Crippen molar-refractivity contribution in [2.75, 3.05) is 28.4 Å². The molecular weight excluding hydrogens is 568 g/mol. The van der Waals surface area contributed by atoms with Crippen LogP contribution in [0.25, 0.3) is 55.7 Å². The van der Waals surface area contributed by atoms with Crippen molar-refractivity contribution in [2.45, 2.75) is 0 Å². The van der Waals surface area contributed by atoms with E-state index in [1.807, 2.05) is 0 Å². The number of phenolic OH excluding ortho intramolecular Hbond substituents is 2. The van der Waals surface area contributed by atoms with Crippen LogP contribution in [0.5, 0.6) is 34.5 Å². The Kier molecular flexibility index (Phi) is 7.10. The molecule has 2 N–H and O–H groups in total. The molecular formula is C34H26O10. The maximum Gasteiger partial charge on any atom is 0.197 e. The lowest BCUT2D eigenvalue weighted by molar-refractivity contribution is 0.405. The Morgan fingerprint density at radius 3 is 1.80 bits per heavy atom. The molecule has 0 aliphatic heterocycles. The molecule has 2 heterocycles. The van der Waals surface area contributed by atoms with Crippen LogP contribution in [0.15, 0.2) is 91.2 Å². The molecule has 0 unspecified atom stereocenters. The van der Waals surface area contributed by atoms with E-state index in [9.17, 15) is 19.8 Å². The monoisotopic (exact) mass is 594 g/mol. The van der Waals surface area contributed by atoms with Gasteiger partial charge in [0, 0.05) is 47.0 Å². The van der Waals surface area contributed by atoms with Gasteiger partial charge in [0.2, 0.25) is 0 Å². The van der Waals surface area contributed by atoms with Crippen LogP contribution >= 0.6 is 0 Å². The fourth-order valence-electron chi connectivity index (χ4n) is 5.16. The van der Waals surface area contributed by atoms with Crippen molar-refractivity contribution in [3.63, 3.8) is 0 Å². The number of aromatic hydroxyl groups is 2. The number of benzene rings is 4. The van der Waals surface area contributed by atoms with E-state index in [0.717, 1.165) is 0 Å². The Balaban J connectivity index is 1.54. The number of phenols is 2. The molecule has 2 aromatic heterocycles. The molecule has 0 amide bonds. The maximum absolute atomic E-state index is 13.4. The van der Waals surface area contributed by atoms with E-state index in [2.05, 4.69) is 0 Å². The van der Waals surface area contributed by atoms with Gasteiger partial charge in [-0.25, -0.2) is 0 Å². The molecule has 0 spiro atoms. The first-order valence-corrected chi connectivity index (χ1v) is 13.3. The van der Waals surface area contributed by atoms with Crippen molar-refractivity contribution in [2.24, 2.45) is 0 Å². The van der Waals surface area contributed by atoms with E-state index >= 15 is 0 Å². The summed E-state index contributed by atoms with van der Waals surface area (Å²) < 4.78 is 33.7. The smallest absolute Gasteiger partial charge is 0.197 e. The molecule has 0 bridgehead atoms. The minimum Gasteiger partial charge on any atom is -0.507 e. The summed E-state index contributed by atoms with van der Waals surface area (Å²) in [5.41, 5.74) is 0.929. The van der Waals surface area contributed by atoms with Crippen LogP contribution in [0.4, 0.5) is 0 Å². The van der Waals surface area contributed by atoms with Crippen molar-refractivity contribution >= 4 is 21.9 Å². The fraction of sp³-hybridized carbons (Fsp3) is 0.118. The molecule has 6 aromatic rings. The zero-order valence-electron chi connectivity index (χ0n) is 24.1. The highest BCUT2D eigenvalue weighted by molar-refractivity contribution is 5.97. The van der Waals surface area contributed by atoms with E-state index in [1.54, 1.807) is 49.6 Å². The lowest BCUT2D eigenvalue weighted by Gasteiger charge is -2.17. The zero-order chi connectivity index (χ0) is 31.1. The highest BCUT2D eigenvalue weighted by Gasteiger charge is 2.24. The second-order valence-corrected chi connectivity index (χ2v) is 9.79.